The second kappa shape index (κ2) is 13.9. The Morgan fingerprint density at radius 1 is 0.909 bits per heavy atom. The zero-order chi connectivity index (χ0) is 30.5. The summed E-state index contributed by atoms with van der Waals surface area (Å²) in [5, 5.41) is 4.31. The van der Waals surface area contributed by atoms with Gasteiger partial charge >= 0.3 is 0 Å². The third-order valence-corrected chi connectivity index (χ3v) is 9.53. The molecule has 6 nitrogen and oxygen atoms in total. The van der Waals surface area contributed by atoms with Gasteiger partial charge in [-0.15, -0.1) is 0 Å². The van der Waals surface area contributed by atoms with Crippen LogP contribution in [-0.4, -0.2) is 60.0 Å². The third kappa shape index (κ3) is 6.67. The molecule has 0 saturated carbocycles. The van der Waals surface area contributed by atoms with E-state index in [0.717, 1.165) is 57.7 Å². The quantitative estimate of drug-likeness (QED) is 0.219. The summed E-state index contributed by atoms with van der Waals surface area (Å²) in [6, 6.07) is 27.1. The van der Waals surface area contributed by atoms with Gasteiger partial charge in [0.25, 0.3) is 5.91 Å². The number of pyridine rings is 1. The molecule has 3 heterocycles. The lowest BCUT2D eigenvalue weighted by molar-refractivity contribution is 0.0880. The fourth-order valence-corrected chi connectivity index (χ4v) is 7.12. The molecule has 0 aliphatic carbocycles. The number of amides is 1. The summed E-state index contributed by atoms with van der Waals surface area (Å²) < 4.78 is 5.58. The van der Waals surface area contributed by atoms with Crippen LogP contribution in [0.5, 0.6) is 5.75 Å². The summed E-state index contributed by atoms with van der Waals surface area (Å²) in [5.41, 5.74) is 5.49. The fraction of sp³-hybridized carbons (Fsp3) is 0.421. The molecule has 0 spiro atoms. The first-order valence-electron chi connectivity index (χ1n) is 16.4. The second-order valence-corrected chi connectivity index (χ2v) is 12.8. The molecule has 2 aliphatic heterocycles. The molecule has 3 aromatic carbocycles. The van der Waals surface area contributed by atoms with Crippen LogP contribution in [0.3, 0.4) is 0 Å². The number of hydrogen-bond acceptors (Lipinski definition) is 5. The van der Waals surface area contributed by atoms with Gasteiger partial charge < -0.3 is 15.0 Å². The van der Waals surface area contributed by atoms with Gasteiger partial charge in [0, 0.05) is 35.2 Å². The number of hydrogen-bond donors (Lipinski definition) is 1. The molecule has 0 radical (unpaired) electrons. The molecule has 44 heavy (non-hydrogen) atoms. The highest BCUT2D eigenvalue weighted by Gasteiger charge is 2.30. The van der Waals surface area contributed by atoms with Crippen LogP contribution in [0.4, 0.5) is 0 Å². The predicted molar refractivity (Wildman–Crippen MR) is 179 cm³/mol. The summed E-state index contributed by atoms with van der Waals surface area (Å²) in [5.74, 6) is 0.896. The molecule has 1 amide bonds. The Bertz CT molecular complexity index is 1540. The maximum atomic E-state index is 14.6. The third-order valence-electron chi connectivity index (χ3n) is 9.53. The van der Waals surface area contributed by atoms with Gasteiger partial charge in [-0.2, -0.15) is 0 Å². The first-order valence-corrected chi connectivity index (χ1v) is 16.4. The number of piperidine rings is 2. The van der Waals surface area contributed by atoms with E-state index in [4.69, 9.17) is 9.72 Å². The highest BCUT2D eigenvalue weighted by molar-refractivity contribution is 6.09. The van der Waals surface area contributed by atoms with Gasteiger partial charge in [0.05, 0.1) is 29.9 Å². The minimum atomic E-state index is -0.113. The fourth-order valence-electron chi connectivity index (χ4n) is 7.12. The Morgan fingerprint density at radius 3 is 2.25 bits per heavy atom. The lowest BCUT2D eigenvalue weighted by Gasteiger charge is -2.40. The average Bonchev–Trinajstić information content (AvgIpc) is 3.08. The first-order chi connectivity index (χ1) is 21.5. The second-order valence-electron chi connectivity index (χ2n) is 12.8. The number of ether oxygens (including phenoxy) is 1. The Morgan fingerprint density at radius 2 is 1.59 bits per heavy atom. The average molecular weight is 591 g/mol. The Balaban J connectivity index is 1.41. The van der Waals surface area contributed by atoms with Crippen LogP contribution in [0.25, 0.3) is 22.2 Å². The standard InChI is InChI=1S/C38H46N4O2/c1-27(2)36(28-13-7-4-8-14-28)40-38(43)35-32-18-17-31(44-3)25-34(32)39-37(29-15-9-5-10-16-29)33(35)26-41-23-19-30(20-24-41)42-21-11-6-12-22-42/h4-5,7-10,13-18,25,27,30,36H,6,11-12,19-24,26H2,1-3H3,(H,40,43)/t36-/m1/s1. The van der Waals surface area contributed by atoms with E-state index in [2.05, 4.69) is 53.2 Å². The van der Waals surface area contributed by atoms with Crippen molar-refractivity contribution in [2.45, 2.75) is 64.6 Å². The van der Waals surface area contributed by atoms with Crippen molar-refractivity contribution in [3.05, 3.63) is 95.6 Å². The van der Waals surface area contributed by atoms with Crippen molar-refractivity contribution in [2.75, 3.05) is 33.3 Å². The van der Waals surface area contributed by atoms with E-state index in [1.807, 2.05) is 54.6 Å². The van der Waals surface area contributed by atoms with Crippen molar-refractivity contribution in [3.8, 4) is 17.0 Å². The highest BCUT2D eigenvalue weighted by atomic mass is 16.5. The number of benzene rings is 3. The van der Waals surface area contributed by atoms with Gasteiger partial charge in [-0.1, -0.05) is 80.9 Å². The van der Waals surface area contributed by atoms with E-state index in [1.165, 1.54) is 45.2 Å². The Labute approximate surface area is 262 Å². The minimum absolute atomic E-state index is 0.0551. The monoisotopic (exact) mass is 590 g/mol. The number of carbonyl (C=O) groups is 1. The van der Waals surface area contributed by atoms with E-state index in [1.54, 1.807) is 7.11 Å². The normalized spacial score (nSPS) is 17.5. The lowest BCUT2D eigenvalue weighted by atomic mass is 9.92. The van der Waals surface area contributed by atoms with E-state index >= 15 is 0 Å². The van der Waals surface area contributed by atoms with Crippen LogP contribution in [0.2, 0.25) is 0 Å². The van der Waals surface area contributed by atoms with E-state index in [0.29, 0.717) is 12.6 Å². The van der Waals surface area contributed by atoms with Crippen molar-refractivity contribution >= 4 is 16.8 Å². The summed E-state index contributed by atoms with van der Waals surface area (Å²) in [6.07, 6.45) is 6.36. The van der Waals surface area contributed by atoms with Crippen LogP contribution in [0.15, 0.2) is 78.9 Å². The van der Waals surface area contributed by atoms with Crippen LogP contribution >= 0.6 is 0 Å². The Hall–Kier alpha value is -3.74. The number of nitrogens with zero attached hydrogens (tertiary/aromatic N) is 3. The summed E-state index contributed by atoms with van der Waals surface area (Å²) in [4.78, 5) is 25.1. The van der Waals surface area contributed by atoms with Crippen LogP contribution in [0.1, 0.15) is 73.5 Å². The first kappa shape index (κ1) is 30.3. The number of aromatic nitrogens is 1. The van der Waals surface area contributed by atoms with Gasteiger partial charge in [-0.25, -0.2) is 4.98 Å². The lowest BCUT2D eigenvalue weighted by Crippen LogP contribution is -2.46. The smallest absolute Gasteiger partial charge is 0.252 e. The van der Waals surface area contributed by atoms with E-state index < -0.39 is 0 Å². The molecule has 2 aliphatic rings. The zero-order valence-electron chi connectivity index (χ0n) is 26.5. The summed E-state index contributed by atoms with van der Waals surface area (Å²) in [7, 11) is 1.67. The number of likely N-dealkylation sites (tertiary alicyclic amines) is 2. The molecule has 1 atom stereocenters. The molecular weight excluding hydrogens is 544 g/mol. The van der Waals surface area contributed by atoms with Crippen molar-refractivity contribution in [1.82, 2.24) is 20.1 Å². The van der Waals surface area contributed by atoms with Gasteiger partial charge in [-0.3, -0.25) is 9.69 Å². The largest absolute Gasteiger partial charge is 0.497 e. The van der Waals surface area contributed by atoms with E-state index in [9.17, 15) is 4.79 Å². The van der Waals surface area contributed by atoms with Gasteiger partial charge in [-0.05, 0) is 75.5 Å². The summed E-state index contributed by atoms with van der Waals surface area (Å²) in [6.45, 7) is 9.54. The van der Waals surface area contributed by atoms with Gasteiger partial charge in [0.2, 0.25) is 0 Å². The highest BCUT2D eigenvalue weighted by Crippen LogP contribution is 2.35. The van der Waals surface area contributed by atoms with Crippen molar-refractivity contribution < 1.29 is 9.53 Å². The molecule has 2 fully saturated rings. The molecule has 230 valence electrons. The SMILES string of the molecule is COc1ccc2c(C(=O)N[C@@H](c3ccccc3)C(C)C)c(CN3CCC(N4CCCCC4)CC3)c(-c3ccccc3)nc2c1. The topological polar surface area (TPSA) is 57.7 Å². The summed E-state index contributed by atoms with van der Waals surface area (Å²) >= 11 is 0. The zero-order valence-corrected chi connectivity index (χ0v) is 26.5. The van der Waals surface area contributed by atoms with Gasteiger partial charge in [0.1, 0.15) is 5.75 Å². The number of rotatable bonds is 9. The minimum Gasteiger partial charge on any atom is -0.497 e. The number of carbonyl (C=O) groups excluding carboxylic acids is 1. The molecule has 6 rings (SSSR count). The molecular formula is C38H46N4O2. The molecule has 0 unspecified atom stereocenters. The molecule has 1 N–H and O–H groups in total. The molecule has 0 bridgehead atoms. The maximum absolute atomic E-state index is 14.6. The molecule has 4 aromatic rings. The number of methoxy groups -OCH3 is 1. The molecule has 1 aromatic heterocycles. The van der Waals surface area contributed by atoms with Gasteiger partial charge in [0.15, 0.2) is 0 Å². The van der Waals surface area contributed by atoms with Crippen LogP contribution in [0, 0.1) is 5.92 Å². The van der Waals surface area contributed by atoms with Crippen molar-refractivity contribution in [2.24, 2.45) is 5.92 Å². The van der Waals surface area contributed by atoms with Crippen LogP contribution in [-0.2, 0) is 6.54 Å². The van der Waals surface area contributed by atoms with Crippen molar-refractivity contribution in [3.63, 3.8) is 0 Å². The number of fused-ring (bicyclic) bond motifs is 1. The molecule has 2 saturated heterocycles. The van der Waals surface area contributed by atoms with Crippen molar-refractivity contribution in [1.29, 1.82) is 0 Å². The number of nitrogens with one attached hydrogen (secondary N) is 1. The predicted octanol–water partition coefficient (Wildman–Crippen LogP) is 7.49. The van der Waals surface area contributed by atoms with E-state index in [-0.39, 0.29) is 17.9 Å². The maximum Gasteiger partial charge on any atom is 0.252 e. The molecule has 6 heteroatoms. The van der Waals surface area contributed by atoms with Crippen LogP contribution < -0.4 is 10.1 Å². The Kier molecular flexibility index (Phi) is 9.58.